The Bertz CT molecular complexity index is 430. The van der Waals surface area contributed by atoms with Gasteiger partial charge in [0.1, 0.15) is 0 Å². The van der Waals surface area contributed by atoms with E-state index >= 15 is 0 Å². The number of hydrogen-bond donors (Lipinski definition) is 2. The van der Waals surface area contributed by atoms with Crippen LogP contribution in [-0.4, -0.2) is 19.0 Å². The Morgan fingerprint density at radius 3 is 2.59 bits per heavy atom. The molecular weight excluding hydrogens is 220 g/mol. The van der Waals surface area contributed by atoms with E-state index in [0.29, 0.717) is 24.2 Å². The molecule has 0 aliphatic heterocycles. The molecule has 5 heteroatoms. The van der Waals surface area contributed by atoms with Crippen LogP contribution in [0.1, 0.15) is 29.3 Å². The van der Waals surface area contributed by atoms with Crippen molar-refractivity contribution in [3.63, 3.8) is 0 Å². The summed E-state index contributed by atoms with van der Waals surface area (Å²) in [6.45, 7) is 2.04. The van der Waals surface area contributed by atoms with Crippen LogP contribution >= 0.6 is 0 Å². The van der Waals surface area contributed by atoms with E-state index < -0.39 is 5.97 Å². The Balaban J connectivity index is 3.05. The van der Waals surface area contributed by atoms with Crippen LogP contribution in [0.5, 0.6) is 0 Å². The van der Waals surface area contributed by atoms with Crippen molar-refractivity contribution in [3.8, 4) is 0 Å². The van der Waals surface area contributed by atoms with Crippen LogP contribution in [0.4, 0.5) is 5.69 Å². The Labute approximate surface area is 99.9 Å². The molecule has 92 valence electrons. The SMILES string of the molecule is CCC(=O)Nc1cc(CN)cc(C(=O)OC)c1. The molecule has 1 rings (SSSR count). The van der Waals surface area contributed by atoms with Gasteiger partial charge in [-0.25, -0.2) is 4.79 Å². The second-order valence-corrected chi connectivity index (χ2v) is 3.52. The summed E-state index contributed by atoms with van der Waals surface area (Å²) in [6, 6.07) is 4.95. The highest BCUT2D eigenvalue weighted by Gasteiger charge is 2.09. The van der Waals surface area contributed by atoms with Crippen LogP contribution in [0.15, 0.2) is 18.2 Å². The zero-order valence-corrected chi connectivity index (χ0v) is 9.95. The summed E-state index contributed by atoms with van der Waals surface area (Å²) in [6.07, 6.45) is 0.375. The van der Waals surface area contributed by atoms with Crippen molar-refractivity contribution in [2.24, 2.45) is 5.73 Å². The van der Waals surface area contributed by atoms with Crippen LogP contribution in [0.25, 0.3) is 0 Å². The first-order chi connectivity index (χ1) is 8.10. The quantitative estimate of drug-likeness (QED) is 0.771. The Kier molecular flexibility index (Phi) is 4.66. The fourth-order valence-corrected chi connectivity index (χ4v) is 1.37. The first kappa shape index (κ1) is 13.2. The van der Waals surface area contributed by atoms with Crippen LogP contribution in [0, 0.1) is 0 Å². The Morgan fingerprint density at radius 1 is 1.35 bits per heavy atom. The molecule has 1 aromatic rings. The molecule has 0 saturated heterocycles. The number of benzene rings is 1. The van der Waals surface area contributed by atoms with Gasteiger partial charge in [0.2, 0.25) is 5.91 Å². The number of carbonyl (C=O) groups is 2. The van der Waals surface area contributed by atoms with E-state index in [1.165, 1.54) is 7.11 Å². The Morgan fingerprint density at radius 2 is 2.06 bits per heavy atom. The second-order valence-electron chi connectivity index (χ2n) is 3.52. The van der Waals surface area contributed by atoms with Crippen LogP contribution < -0.4 is 11.1 Å². The summed E-state index contributed by atoms with van der Waals surface area (Å²) in [4.78, 5) is 22.7. The monoisotopic (exact) mass is 236 g/mol. The molecule has 0 atom stereocenters. The molecule has 0 heterocycles. The van der Waals surface area contributed by atoms with Gasteiger partial charge in [-0.15, -0.1) is 0 Å². The maximum absolute atomic E-state index is 11.4. The molecule has 17 heavy (non-hydrogen) atoms. The van der Waals surface area contributed by atoms with Crippen LogP contribution in [-0.2, 0) is 16.1 Å². The van der Waals surface area contributed by atoms with Crippen molar-refractivity contribution in [2.75, 3.05) is 12.4 Å². The van der Waals surface area contributed by atoms with Gasteiger partial charge in [-0.2, -0.15) is 0 Å². The van der Waals surface area contributed by atoms with E-state index in [1.807, 2.05) is 0 Å². The van der Waals surface area contributed by atoms with Crippen molar-refractivity contribution in [1.29, 1.82) is 0 Å². The molecule has 1 amide bonds. The lowest BCUT2D eigenvalue weighted by Crippen LogP contribution is -2.12. The summed E-state index contributed by atoms with van der Waals surface area (Å²) in [7, 11) is 1.31. The molecule has 1 aromatic carbocycles. The largest absolute Gasteiger partial charge is 0.465 e. The third-order valence-corrected chi connectivity index (χ3v) is 2.25. The maximum Gasteiger partial charge on any atom is 0.337 e. The van der Waals surface area contributed by atoms with Crippen molar-refractivity contribution in [1.82, 2.24) is 0 Å². The van der Waals surface area contributed by atoms with Gasteiger partial charge < -0.3 is 15.8 Å². The fourth-order valence-electron chi connectivity index (χ4n) is 1.37. The highest BCUT2D eigenvalue weighted by Crippen LogP contribution is 2.16. The minimum atomic E-state index is -0.452. The van der Waals surface area contributed by atoms with E-state index in [-0.39, 0.29) is 5.91 Å². The number of nitrogens with two attached hydrogens (primary N) is 1. The molecule has 0 spiro atoms. The molecule has 0 unspecified atom stereocenters. The number of rotatable bonds is 4. The third kappa shape index (κ3) is 3.57. The van der Waals surface area contributed by atoms with E-state index in [4.69, 9.17) is 5.73 Å². The lowest BCUT2D eigenvalue weighted by Gasteiger charge is -2.08. The molecule has 0 fully saturated rings. The van der Waals surface area contributed by atoms with Crippen molar-refractivity contribution < 1.29 is 14.3 Å². The standard InChI is InChI=1S/C12H16N2O3/c1-3-11(15)14-10-5-8(7-13)4-9(6-10)12(16)17-2/h4-6H,3,7,13H2,1-2H3,(H,14,15). The summed E-state index contributed by atoms with van der Waals surface area (Å²) < 4.78 is 4.63. The van der Waals surface area contributed by atoms with Crippen LogP contribution in [0.3, 0.4) is 0 Å². The Hall–Kier alpha value is -1.88. The van der Waals surface area contributed by atoms with Crippen molar-refractivity contribution in [3.05, 3.63) is 29.3 Å². The van der Waals surface area contributed by atoms with Crippen LogP contribution in [0.2, 0.25) is 0 Å². The molecule has 0 aliphatic rings. The first-order valence-corrected chi connectivity index (χ1v) is 5.33. The van der Waals surface area contributed by atoms with Gasteiger partial charge in [0.15, 0.2) is 0 Å². The number of methoxy groups -OCH3 is 1. The summed E-state index contributed by atoms with van der Waals surface area (Å²) in [5, 5.41) is 2.68. The molecule has 0 aliphatic carbocycles. The topological polar surface area (TPSA) is 81.4 Å². The molecule has 0 saturated carbocycles. The predicted octanol–water partition coefficient (Wildman–Crippen LogP) is 1.28. The van der Waals surface area contributed by atoms with Crippen molar-refractivity contribution in [2.45, 2.75) is 19.9 Å². The van der Waals surface area contributed by atoms with E-state index in [1.54, 1.807) is 25.1 Å². The third-order valence-electron chi connectivity index (χ3n) is 2.25. The normalized spacial score (nSPS) is 9.82. The van der Waals surface area contributed by atoms with E-state index in [2.05, 4.69) is 10.1 Å². The average Bonchev–Trinajstić information content (AvgIpc) is 2.36. The molecular formula is C12H16N2O3. The zero-order chi connectivity index (χ0) is 12.8. The molecule has 3 N–H and O–H groups in total. The highest BCUT2D eigenvalue weighted by molar-refractivity contribution is 5.94. The molecule has 0 radical (unpaired) electrons. The second kappa shape index (κ2) is 6.00. The number of hydrogen-bond acceptors (Lipinski definition) is 4. The predicted molar refractivity (Wildman–Crippen MR) is 64.6 cm³/mol. The minimum absolute atomic E-state index is 0.116. The van der Waals surface area contributed by atoms with Gasteiger partial charge in [0, 0.05) is 18.7 Å². The van der Waals surface area contributed by atoms with Gasteiger partial charge in [0.05, 0.1) is 12.7 Å². The summed E-state index contributed by atoms with van der Waals surface area (Å²) in [5.41, 5.74) is 7.22. The minimum Gasteiger partial charge on any atom is -0.465 e. The summed E-state index contributed by atoms with van der Waals surface area (Å²) in [5.74, 6) is -0.567. The number of anilines is 1. The molecule has 5 nitrogen and oxygen atoms in total. The number of amides is 1. The number of ether oxygens (including phenoxy) is 1. The van der Waals surface area contributed by atoms with Gasteiger partial charge in [-0.1, -0.05) is 6.92 Å². The molecule has 0 aromatic heterocycles. The lowest BCUT2D eigenvalue weighted by molar-refractivity contribution is -0.115. The fraction of sp³-hybridized carbons (Fsp3) is 0.333. The number of esters is 1. The van der Waals surface area contributed by atoms with Gasteiger partial charge in [-0.3, -0.25) is 4.79 Å². The number of carbonyl (C=O) groups excluding carboxylic acids is 2. The maximum atomic E-state index is 11.4. The first-order valence-electron chi connectivity index (χ1n) is 5.33. The lowest BCUT2D eigenvalue weighted by atomic mass is 10.1. The highest BCUT2D eigenvalue weighted by atomic mass is 16.5. The van der Waals surface area contributed by atoms with Gasteiger partial charge >= 0.3 is 5.97 Å². The molecule has 0 bridgehead atoms. The number of nitrogens with one attached hydrogen (secondary N) is 1. The average molecular weight is 236 g/mol. The van der Waals surface area contributed by atoms with E-state index in [0.717, 1.165) is 5.56 Å². The summed E-state index contributed by atoms with van der Waals surface area (Å²) >= 11 is 0. The smallest absolute Gasteiger partial charge is 0.337 e. The van der Waals surface area contributed by atoms with E-state index in [9.17, 15) is 9.59 Å². The van der Waals surface area contributed by atoms with Gasteiger partial charge in [0.25, 0.3) is 0 Å². The van der Waals surface area contributed by atoms with Gasteiger partial charge in [-0.05, 0) is 23.8 Å². The zero-order valence-electron chi connectivity index (χ0n) is 9.95. The van der Waals surface area contributed by atoms with Crippen molar-refractivity contribution >= 4 is 17.6 Å².